The Bertz CT molecular complexity index is 704. The summed E-state index contributed by atoms with van der Waals surface area (Å²) in [6.45, 7) is 3.81. The van der Waals surface area contributed by atoms with Crippen LogP contribution in [0.1, 0.15) is 22.5 Å². The molecule has 0 radical (unpaired) electrons. The lowest BCUT2D eigenvalue weighted by Gasteiger charge is -2.22. The van der Waals surface area contributed by atoms with Gasteiger partial charge in [-0.25, -0.2) is 4.68 Å². The molecular weight excluding hydrogens is 292 g/mol. The van der Waals surface area contributed by atoms with Crippen LogP contribution in [0.15, 0.2) is 30.5 Å². The van der Waals surface area contributed by atoms with Gasteiger partial charge >= 0.3 is 0 Å². The van der Waals surface area contributed by atoms with Crippen LogP contribution >= 0.6 is 0 Å². The zero-order valence-corrected chi connectivity index (χ0v) is 13.7. The van der Waals surface area contributed by atoms with Crippen molar-refractivity contribution >= 4 is 5.91 Å². The highest BCUT2D eigenvalue weighted by molar-refractivity contribution is 5.92. The van der Waals surface area contributed by atoms with Crippen LogP contribution in [0, 0.1) is 6.92 Å². The maximum Gasteiger partial charge on any atom is 0.274 e. The number of nitrogens with zero attached hydrogens (tertiary/aromatic N) is 3. The van der Waals surface area contributed by atoms with Crippen molar-refractivity contribution in [3.05, 3.63) is 41.7 Å². The number of benzene rings is 1. The number of carbonyl (C=O) groups is 1. The molecule has 23 heavy (non-hydrogen) atoms. The number of hydrogen-bond acceptors (Lipinski definition) is 4. The predicted octanol–water partition coefficient (Wildman–Crippen LogP) is 1.62. The van der Waals surface area contributed by atoms with Crippen LogP contribution in [-0.2, 0) is 0 Å². The van der Waals surface area contributed by atoms with Crippen molar-refractivity contribution in [3.63, 3.8) is 0 Å². The number of nitrogens with one attached hydrogen (secondary N) is 1. The van der Waals surface area contributed by atoms with Crippen LogP contribution in [-0.4, -0.2) is 53.9 Å². The highest BCUT2D eigenvalue weighted by Gasteiger charge is 2.25. The van der Waals surface area contributed by atoms with Gasteiger partial charge in [-0.05, 0) is 43.7 Å². The van der Waals surface area contributed by atoms with Gasteiger partial charge in [-0.1, -0.05) is 6.07 Å². The molecule has 1 atom stereocenters. The standard InChI is InChI=1S/C17H22N4O2/c1-12-4-5-16(23-3)15(10-12)21-9-7-14(19-21)17(22)20(2)13-6-8-18-11-13/h4-5,7,9-10,13,18H,6,8,11H2,1-3H3. The minimum Gasteiger partial charge on any atom is -0.494 e. The number of aromatic nitrogens is 2. The SMILES string of the molecule is COc1ccc(C)cc1-n1ccc(C(=O)N(C)C2CCNC2)n1. The van der Waals surface area contributed by atoms with E-state index < -0.39 is 0 Å². The molecule has 6 heteroatoms. The fraction of sp³-hybridized carbons (Fsp3) is 0.412. The normalized spacial score (nSPS) is 17.3. The highest BCUT2D eigenvalue weighted by atomic mass is 16.5. The van der Waals surface area contributed by atoms with Gasteiger partial charge < -0.3 is 15.0 Å². The molecule has 1 aliphatic heterocycles. The van der Waals surface area contributed by atoms with Crippen molar-refractivity contribution in [1.82, 2.24) is 20.0 Å². The Hall–Kier alpha value is -2.34. The fourth-order valence-electron chi connectivity index (χ4n) is 2.87. The van der Waals surface area contributed by atoms with Crippen molar-refractivity contribution in [3.8, 4) is 11.4 Å². The van der Waals surface area contributed by atoms with Gasteiger partial charge in [0.15, 0.2) is 5.69 Å². The number of methoxy groups -OCH3 is 1. The number of hydrogen-bond donors (Lipinski definition) is 1. The Kier molecular flexibility index (Phi) is 4.34. The summed E-state index contributed by atoms with van der Waals surface area (Å²) in [5.41, 5.74) is 2.39. The zero-order valence-electron chi connectivity index (χ0n) is 13.7. The maximum atomic E-state index is 12.6. The third-order valence-corrected chi connectivity index (χ3v) is 4.29. The summed E-state index contributed by atoms with van der Waals surface area (Å²) in [6, 6.07) is 7.87. The van der Waals surface area contributed by atoms with Gasteiger partial charge in [-0.2, -0.15) is 5.10 Å². The number of likely N-dealkylation sites (N-methyl/N-ethyl adjacent to an activating group) is 1. The molecule has 1 N–H and O–H groups in total. The monoisotopic (exact) mass is 314 g/mol. The first kappa shape index (κ1) is 15.6. The average molecular weight is 314 g/mol. The van der Waals surface area contributed by atoms with E-state index in [0.29, 0.717) is 5.69 Å². The van der Waals surface area contributed by atoms with Crippen molar-refractivity contribution in [2.24, 2.45) is 0 Å². The largest absolute Gasteiger partial charge is 0.494 e. The van der Waals surface area contributed by atoms with Crippen LogP contribution in [0.4, 0.5) is 0 Å². The van der Waals surface area contributed by atoms with E-state index in [4.69, 9.17) is 4.74 Å². The lowest BCUT2D eigenvalue weighted by molar-refractivity contribution is 0.0737. The third kappa shape index (κ3) is 3.07. The van der Waals surface area contributed by atoms with E-state index in [1.54, 1.807) is 29.0 Å². The van der Waals surface area contributed by atoms with Crippen molar-refractivity contribution in [1.29, 1.82) is 0 Å². The van der Waals surface area contributed by atoms with E-state index >= 15 is 0 Å². The number of carbonyl (C=O) groups excluding carboxylic acids is 1. The van der Waals surface area contributed by atoms with Gasteiger partial charge in [-0.3, -0.25) is 4.79 Å². The molecule has 6 nitrogen and oxygen atoms in total. The second-order valence-corrected chi connectivity index (χ2v) is 5.88. The average Bonchev–Trinajstić information content (AvgIpc) is 3.25. The molecule has 1 unspecified atom stereocenters. The summed E-state index contributed by atoms with van der Waals surface area (Å²) in [4.78, 5) is 14.4. The Morgan fingerprint density at radius 1 is 1.43 bits per heavy atom. The number of ether oxygens (including phenoxy) is 1. The molecular formula is C17H22N4O2. The molecule has 2 heterocycles. The van der Waals surface area contributed by atoms with Crippen molar-refractivity contribution in [2.45, 2.75) is 19.4 Å². The summed E-state index contributed by atoms with van der Waals surface area (Å²) in [7, 11) is 3.47. The van der Waals surface area contributed by atoms with Gasteiger partial charge in [0.25, 0.3) is 5.91 Å². The Balaban J connectivity index is 1.85. The van der Waals surface area contributed by atoms with Crippen LogP contribution in [0.3, 0.4) is 0 Å². The third-order valence-electron chi connectivity index (χ3n) is 4.29. The van der Waals surface area contributed by atoms with Gasteiger partial charge in [0.05, 0.1) is 7.11 Å². The Morgan fingerprint density at radius 3 is 2.96 bits per heavy atom. The lowest BCUT2D eigenvalue weighted by atomic mass is 10.2. The molecule has 1 aliphatic rings. The van der Waals surface area contributed by atoms with E-state index in [0.717, 1.165) is 36.5 Å². The summed E-state index contributed by atoms with van der Waals surface area (Å²) in [5, 5.41) is 7.72. The lowest BCUT2D eigenvalue weighted by Crippen LogP contribution is -2.38. The van der Waals surface area contributed by atoms with E-state index in [-0.39, 0.29) is 11.9 Å². The van der Waals surface area contributed by atoms with Crippen LogP contribution in [0.5, 0.6) is 5.75 Å². The second-order valence-electron chi connectivity index (χ2n) is 5.88. The highest BCUT2D eigenvalue weighted by Crippen LogP contribution is 2.23. The molecule has 3 rings (SSSR count). The molecule has 2 aromatic rings. The van der Waals surface area contributed by atoms with E-state index in [2.05, 4.69) is 10.4 Å². The Morgan fingerprint density at radius 2 is 2.26 bits per heavy atom. The van der Waals surface area contributed by atoms with Crippen molar-refractivity contribution in [2.75, 3.05) is 27.2 Å². The molecule has 0 spiro atoms. The maximum absolute atomic E-state index is 12.6. The second kappa shape index (κ2) is 6.42. The van der Waals surface area contributed by atoms with Crippen molar-refractivity contribution < 1.29 is 9.53 Å². The molecule has 122 valence electrons. The van der Waals surface area contributed by atoms with E-state index in [1.165, 1.54) is 0 Å². The first-order chi connectivity index (χ1) is 11.1. The minimum absolute atomic E-state index is 0.0518. The molecule has 1 fully saturated rings. The van der Waals surface area contributed by atoms with Crippen LogP contribution < -0.4 is 10.1 Å². The smallest absolute Gasteiger partial charge is 0.274 e. The molecule has 0 saturated carbocycles. The zero-order chi connectivity index (χ0) is 16.4. The summed E-state index contributed by atoms with van der Waals surface area (Å²) in [6.07, 6.45) is 2.78. The Labute approximate surface area is 136 Å². The first-order valence-electron chi connectivity index (χ1n) is 7.78. The minimum atomic E-state index is -0.0518. The van der Waals surface area contributed by atoms with Crippen LogP contribution in [0.2, 0.25) is 0 Å². The van der Waals surface area contributed by atoms with Gasteiger partial charge in [0.1, 0.15) is 11.4 Å². The van der Waals surface area contributed by atoms with Gasteiger partial charge in [0.2, 0.25) is 0 Å². The fourth-order valence-corrected chi connectivity index (χ4v) is 2.87. The summed E-state index contributed by atoms with van der Waals surface area (Å²) >= 11 is 0. The summed E-state index contributed by atoms with van der Waals surface area (Å²) in [5.74, 6) is 0.676. The van der Waals surface area contributed by atoms with E-state index in [1.807, 2.05) is 32.2 Å². The quantitative estimate of drug-likeness (QED) is 0.932. The number of aryl methyl sites for hydroxylation is 1. The first-order valence-corrected chi connectivity index (χ1v) is 7.78. The van der Waals surface area contributed by atoms with Crippen LogP contribution in [0.25, 0.3) is 5.69 Å². The predicted molar refractivity (Wildman–Crippen MR) is 88.2 cm³/mol. The summed E-state index contributed by atoms with van der Waals surface area (Å²) < 4.78 is 7.08. The number of amides is 1. The molecule has 0 aliphatic carbocycles. The topological polar surface area (TPSA) is 59.4 Å². The van der Waals surface area contributed by atoms with Gasteiger partial charge in [-0.15, -0.1) is 0 Å². The number of rotatable bonds is 4. The van der Waals surface area contributed by atoms with Gasteiger partial charge in [0, 0.05) is 25.8 Å². The molecule has 1 aromatic heterocycles. The molecule has 0 bridgehead atoms. The molecule has 1 saturated heterocycles. The molecule has 1 aromatic carbocycles. The molecule has 1 amide bonds. The van der Waals surface area contributed by atoms with E-state index in [9.17, 15) is 4.79 Å².